The third kappa shape index (κ3) is 1.28. The van der Waals surface area contributed by atoms with Gasteiger partial charge in [-0.2, -0.15) is 0 Å². The van der Waals surface area contributed by atoms with E-state index in [9.17, 15) is 9.18 Å². The Morgan fingerprint density at radius 1 is 1.43 bits per heavy atom. The number of halogens is 2. The predicted molar refractivity (Wildman–Crippen MR) is 53.1 cm³/mol. The Kier molecular flexibility index (Phi) is 2.19. The van der Waals surface area contributed by atoms with Gasteiger partial charge in [0.05, 0.1) is 10.7 Å². The SMILES string of the molecule is Nc1cc(F)c2c(c1Cl)C(=O)CCC2. The summed E-state index contributed by atoms with van der Waals surface area (Å²) in [5, 5.41) is 0.200. The number of Topliss-reactive ketones (excluding diaryl/α,β-unsaturated/α-hetero) is 1. The van der Waals surface area contributed by atoms with Gasteiger partial charge in [-0.05, 0) is 18.9 Å². The number of carbonyl (C=O) groups is 1. The van der Waals surface area contributed by atoms with Crippen molar-refractivity contribution in [1.29, 1.82) is 0 Å². The molecule has 0 fully saturated rings. The average Bonchev–Trinajstić information content (AvgIpc) is 2.14. The summed E-state index contributed by atoms with van der Waals surface area (Å²) >= 11 is 5.87. The Balaban J connectivity index is 2.73. The largest absolute Gasteiger partial charge is 0.397 e. The minimum Gasteiger partial charge on any atom is -0.397 e. The molecule has 0 unspecified atom stereocenters. The van der Waals surface area contributed by atoms with Crippen LogP contribution >= 0.6 is 11.6 Å². The molecule has 0 atom stereocenters. The first-order valence-corrected chi connectivity index (χ1v) is 4.78. The lowest BCUT2D eigenvalue weighted by Gasteiger charge is -2.17. The van der Waals surface area contributed by atoms with Crippen LogP contribution in [0.4, 0.5) is 10.1 Å². The zero-order chi connectivity index (χ0) is 10.3. The van der Waals surface area contributed by atoms with E-state index in [4.69, 9.17) is 17.3 Å². The maximum absolute atomic E-state index is 13.4. The van der Waals surface area contributed by atoms with E-state index in [1.807, 2.05) is 0 Å². The smallest absolute Gasteiger partial charge is 0.164 e. The quantitative estimate of drug-likeness (QED) is 0.673. The van der Waals surface area contributed by atoms with Crippen LogP contribution in [0.25, 0.3) is 0 Å². The minimum atomic E-state index is -0.421. The molecule has 1 aromatic carbocycles. The van der Waals surface area contributed by atoms with Gasteiger partial charge in [-0.1, -0.05) is 11.6 Å². The third-order valence-electron chi connectivity index (χ3n) is 2.45. The van der Waals surface area contributed by atoms with Gasteiger partial charge in [0.15, 0.2) is 5.78 Å². The molecule has 74 valence electrons. The highest BCUT2D eigenvalue weighted by Crippen LogP contribution is 2.33. The molecule has 0 bridgehead atoms. The molecule has 0 saturated heterocycles. The van der Waals surface area contributed by atoms with Gasteiger partial charge in [-0.3, -0.25) is 4.79 Å². The van der Waals surface area contributed by atoms with E-state index >= 15 is 0 Å². The summed E-state index contributed by atoms with van der Waals surface area (Å²) in [7, 11) is 0. The second kappa shape index (κ2) is 3.24. The van der Waals surface area contributed by atoms with Gasteiger partial charge in [-0.15, -0.1) is 0 Å². The van der Waals surface area contributed by atoms with E-state index < -0.39 is 5.82 Å². The van der Waals surface area contributed by atoms with Crippen molar-refractivity contribution in [1.82, 2.24) is 0 Å². The molecule has 1 aliphatic rings. The third-order valence-corrected chi connectivity index (χ3v) is 2.86. The first kappa shape index (κ1) is 9.46. The monoisotopic (exact) mass is 213 g/mol. The number of benzene rings is 1. The first-order valence-electron chi connectivity index (χ1n) is 4.41. The molecule has 0 radical (unpaired) electrons. The number of fused-ring (bicyclic) bond motifs is 1. The topological polar surface area (TPSA) is 43.1 Å². The van der Waals surface area contributed by atoms with Gasteiger partial charge in [0.1, 0.15) is 5.82 Å². The molecular formula is C10H9ClFNO. The molecule has 0 heterocycles. The van der Waals surface area contributed by atoms with Gasteiger partial charge in [0.2, 0.25) is 0 Å². The van der Waals surface area contributed by atoms with Crippen molar-refractivity contribution in [3.63, 3.8) is 0 Å². The Morgan fingerprint density at radius 2 is 2.14 bits per heavy atom. The lowest BCUT2D eigenvalue weighted by Crippen LogP contribution is -2.14. The van der Waals surface area contributed by atoms with Crippen LogP contribution in [0.3, 0.4) is 0 Å². The summed E-state index contributed by atoms with van der Waals surface area (Å²) in [6, 6.07) is 1.18. The molecule has 1 aromatic rings. The zero-order valence-corrected chi connectivity index (χ0v) is 8.20. The van der Waals surface area contributed by atoms with Crippen LogP contribution in [0.1, 0.15) is 28.8 Å². The van der Waals surface area contributed by atoms with Gasteiger partial charge in [0.25, 0.3) is 0 Å². The van der Waals surface area contributed by atoms with Crippen molar-refractivity contribution in [2.24, 2.45) is 0 Å². The van der Waals surface area contributed by atoms with E-state index in [0.29, 0.717) is 24.8 Å². The molecular weight excluding hydrogens is 205 g/mol. The highest BCUT2D eigenvalue weighted by molar-refractivity contribution is 6.36. The lowest BCUT2D eigenvalue weighted by molar-refractivity contribution is 0.0971. The van der Waals surface area contributed by atoms with Gasteiger partial charge in [0, 0.05) is 17.5 Å². The van der Waals surface area contributed by atoms with Crippen LogP contribution in [0.15, 0.2) is 6.07 Å². The fourth-order valence-electron chi connectivity index (χ4n) is 1.77. The van der Waals surface area contributed by atoms with Crippen LogP contribution in [-0.4, -0.2) is 5.78 Å². The van der Waals surface area contributed by atoms with Crippen LogP contribution in [0, 0.1) is 5.82 Å². The lowest BCUT2D eigenvalue weighted by atomic mass is 9.90. The Labute approximate surface area is 85.9 Å². The number of nitrogens with two attached hydrogens (primary N) is 1. The van der Waals surface area contributed by atoms with Crippen LogP contribution in [-0.2, 0) is 6.42 Å². The number of rotatable bonds is 0. The number of hydrogen-bond donors (Lipinski definition) is 1. The Morgan fingerprint density at radius 3 is 2.86 bits per heavy atom. The molecule has 0 amide bonds. The number of nitrogen functional groups attached to an aromatic ring is 1. The van der Waals surface area contributed by atoms with Gasteiger partial charge < -0.3 is 5.73 Å². The van der Waals surface area contributed by atoms with Crippen molar-refractivity contribution in [3.8, 4) is 0 Å². The average molecular weight is 214 g/mol. The highest BCUT2D eigenvalue weighted by atomic mass is 35.5. The summed E-state index contributed by atoms with van der Waals surface area (Å²) < 4.78 is 13.4. The van der Waals surface area contributed by atoms with E-state index in [0.717, 1.165) is 0 Å². The van der Waals surface area contributed by atoms with Crippen molar-refractivity contribution in [2.75, 3.05) is 5.73 Å². The predicted octanol–water partition coefficient (Wildman–Crippen LogP) is 2.58. The molecule has 4 heteroatoms. The molecule has 0 spiro atoms. The molecule has 2 nitrogen and oxygen atoms in total. The normalized spacial score (nSPS) is 15.4. The summed E-state index contributed by atoms with van der Waals surface area (Å²) in [6.45, 7) is 0. The molecule has 0 aliphatic heterocycles. The maximum atomic E-state index is 13.4. The van der Waals surface area contributed by atoms with E-state index in [1.54, 1.807) is 0 Å². The summed E-state index contributed by atoms with van der Waals surface area (Å²) in [5.74, 6) is -0.530. The highest BCUT2D eigenvalue weighted by Gasteiger charge is 2.24. The van der Waals surface area contributed by atoms with Crippen molar-refractivity contribution < 1.29 is 9.18 Å². The summed E-state index contributed by atoms with van der Waals surface area (Å²) in [5.41, 5.74) is 6.32. The van der Waals surface area contributed by atoms with Crippen molar-refractivity contribution >= 4 is 23.1 Å². The molecule has 0 aromatic heterocycles. The minimum absolute atomic E-state index is 0.109. The maximum Gasteiger partial charge on any atom is 0.164 e. The molecule has 14 heavy (non-hydrogen) atoms. The first-order chi connectivity index (χ1) is 6.61. The standard InChI is InChI=1S/C10H9ClFNO/c11-10-7(13)4-6(12)5-2-1-3-8(14)9(5)10/h4H,1-3,13H2. The Hall–Kier alpha value is -1.09. The molecule has 2 N–H and O–H groups in total. The molecule has 2 rings (SSSR count). The second-order valence-corrected chi connectivity index (χ2v) is 3.77. The van der Waals surface area contributed by atoms with E-state index in [2.05, 4.69) is 0 Å². The Bertz CT molecular complexity index is 417. The zero-order valence-electron chi connectivity index (χ0n) is 7.44. The van der Waals surface area contributed by atoms with Crippen molar-refractivity contribution in [3.05, 3.63) is 28.0 Å². The number of hydrogen-bond acceptors (Lipinski definition) is 2. The number of anilines is 1. The molecule has 0 saturated carbocycles. The second-order valence-electron chi connectivity index (χ2n) is 3.39. The molecule has 1 aliphatic carbocycles. The number of carbonyl (C=O) groups excluding carboxylic acids is 1. The van der Waals surface area contributed by atoms with Gasteiger partial charge in [-0.25, -0.2) is 4.39 Å². The van der Waals surface area contributed by atoms with Crippen LogP contribution in [0.2, 0.25) is 5.02 Å². The van der Waals surface area contributed by atoms with Crippen molar-refractivity contribution in [2.45, 2.75) is 19.3 Å². The summed E-state index contributed by atoms with van der Waals surface area (Å²) in [4.78, 5) is 11.5. The van der Waals surface area contributed by atoms with Gasteiger partial charge >= 0.3 is 0 Å². The van der Waals surface area contributed by atoms with Crippen LogP contribution < -0.4 is 5.73 Å². The van der Waals surface area contributed by atoms with Crippen LogP contribution in [0.5, 0.6) is 0 Å². The summed E-state index contributed by atoms with van der Waals surface area (Å²) in [6.07, 6.45) is 1.67. The van der Waals surface area contributed by atoms with E-state index in [1.165, 1.54) is 6.07 Å². The van der Waals surface area contributed by atoms with E-state index in [-0.39, 0.29) is 22.1 Å². The fraction of sp³-hybridized carbons (Fsp3) is 0.300. The number of ketones is 1. The fourth-order valence-corrected chi connectivity index (χ4v) is 2.04.